The number of aromatic nitrogens is 2. The van der Waals surface area contributed by atoms with E-state index in [1.165, 1.54) is 0 Å². The molecule has 0 amide bonds. The lowest BCUT2D eigenvalue weighted by Crippen LogP contribution is -2.26. The van der Waals surface area contributed by atoms with Crippen LogP contribution in [0.5, 0.6) is 0 Å². The largest absolute Gasteiger partial charge is 0.325 e. The smallest absolute Gasteiger partial charge is 0.256 e. The van der Waals surface area contributed by atoms with E-state index in [0.717, 1.165) is 24.4 Å². The first kappa shape index (κ1) is 9.58. The number of nitrogens with zero attached hydrogens (tertiary/aromatic N) is 2. The van der Waals surface area contributed by atoms with E-state index >= 15 is 0 Å². The number of halogens is 2. The van der Waals surface area contributed by atoms with Crippen LogP contribution in [0.25, 0.3) is 0 Å². The average Bonchev–Trinajstić information content (AvgIpc) is 2.43. The lowest BCUT2D eigenvalue weighted by molar-refractivity contribution is 0.124. The first-order chi connectivity index (χ1) is 6.68. The van der Waals surface area contributed by atoms with Crippen molar-refractivity contribution in [3.05, 3.63) is 17.2 Å². The Morgan fingerprint density at radius 2 is 2.36 bits per heavy atom. The fourth-order valence-electron chi connectivity index (χ4n) is 1.86. The van der Waals surface area contributed by atoms with Gasteiger partial charge in [-0.15, -0.1) is 0 Å². The van der Waals surface area contributed by atoms with Gasteiger partial charge in [-0.2, -0.15) is 0 Å². The number of imidazole rings is 1. The molecule has 0 spiro atoms. The van der Waals surface area contributed by atoms with Gasteiger partial charge in [-0.3, -0.25) is 0 Å². The molecule has 1 aromatic rings. The molecule has 1 aliphatic heterocycles. The van der Waals surface area contributed by atoms with E-state index in [0.29, 0.717) is 12.4 Å². The van der Waals surface area contributed by atoms with E-state index in [4.69, 9.17) is 0 Å². The molecule has 0 aliphatic carbocycles. The fourth-order valence-corrected chi connectivity index (χ4v) is 1.86. The second kappa shape index (κ2) is 3.65. The van der Waals surface area contributed by atoms with Gasteiger partial charge in [0.15, 0.2) is 0 Å². The van der Waals surface area contributed by atoms with Crippen LogP contribution in [-0.4, -0.2) is 22.5 Å². The van der Waals surface area contributed by atoms with Crippen molar-refractivity contribution >= 4 is 0 Å². The van der Waals surface area contributed by atoms with Crippen molar-refractivity contribution < 1.29 is 8.78 Å². The van der Waals surface area contributed by atoms with Gasteiger partial charge in [0.1, 0.15) is 5.82 Å². The molecule has 0 unspecified atom stereocenters. The summed E-state index contributed by atoms with van der Waals surface area (Å²) in [4.78, 5) is 4.29. The van der Waals surface area contributed by atoms with Gasteiger partial charge in [0.05, 0.1) is 17.9 Å². The molecule has 0 radical (unpaired) electrons. The zero-order valence-electron chi connectivity index (χ0n) is 8.06. The molecule has 0 atom stereocenters. The number of hydrogen-bond donors (Lipinski definition) is 1. The SMILES string of the molecule is Cc1nc2c(n1CC(F)F)CNCC2. The number of aryl methyl sites for hydroxylation is 1. The van der Waals surface area contributed by atoms with Crippen LogP contribution in [0.3, 0.4) is 0 Å². The van der Waals surface area contributed by atoms with Crippen LogP contribution >= 0.6 is 0 Å². The highest BCUT2D eigenvalue weighted by Crippen LogP contribution is 2.16. The van der Waals surface area contributed by atoms with E-state index in [2.05, 4.69) is 10.3 Å². The Morgan fingerprint density at radius 3 is 3.07 bits per heavy atom. The van der Waals surface area contributed by atoms with Crippen molar-refractivity contribution in [2.45, 2.75) is 32.9 Å². The molecule has 0 bridgehead atoms. The third-order valence-electron chi connectivity index (χ3n) is 2.50. The Kier molecular flexibility index (Phi) is 2.50. The first-order valence-electron chi connectivity index (χ1n) is 4.72. The number of rotatable bonds is 2. The summed E-state index contributed by atoms with van der Waals surface area (Å²) >= 11 is 0. The highest BCUT2D eigenvalue weighted by Gasteiger charge is 2.19. The Bertz CT molecular complexity index is 333. The minimum Gasteiger partial charge on any atom is -0.325 e. The standard InChI is InChI=1S/C9H13F2N3/c1-6-13-7-2-3-12-4-8(7)14(6)5-9(10)11/h9,12H,2-5H2,1H3. The van der Waals surface area contributed by atoms with Gasteiger partial charge < -0.3 is 9.88 Å². The number of nitrogens with one attached hydrogen (secondary N) is 1. The van der Waals surface area contributed by atoms with Crippen molar-refractivity contribution in [3.8, 4) is 0 Å². The predicted molar refractivity (Wildman–Crippen MR) is 48.4 cm³/mol. The molecule has 3 nitrogen and oxygen atoms in total. The summed E-state index contributed by atoms with van der Waals surface area (Å²) < 4.78 is 26.2. The van der Waals surface area contributed by atoms with Crippen molar-refractivity contribution in [3.63, 3.8) is 0 Å². The number of fused-ring (bicyclic) bond motifs is 1. The highest BCUT2D eigenvalue weighted by molar-refractivity contribution is 5.19. The molecule has 2 heterocycles. The Hall–Kier alpha value is -0.970. The van der Waals surface area contributed by atoms with Crippen molar-refractivity contribution in [2.75, 3.05) is 6.54 Å². The van der Waals surface area contributed by atoms with Gasteiger partial charge in [-0.05, 0) is 6.92 Å². The molecular weight excluding hydrogens is 188 g/mol. The van der Waals surface area contributed by atoms with Crippen molar-refractivity contribution in [2.24, 2.45) is 0 Å². The van der Waals surface area contributed by atoms with Crippen LogP contribution in [-0.2, 0) is 19.5 Å². The molecule has 1 N–H and O–H groups in total. The molecule has 0 fully saturated rings. The monoisotopic (exact) mass is 201 g/mol. The van der Waals surface area contributed by atoms with Gasteiger partial charge in [0, 0.05) is 19.5 Å². The normalized spacial score (nSPS) is 16.0. The number of hydrogen-bond acceptors (Lipinski definition) is 2. The van der Waals surface area contributed by atoms with Crippen LogP contribution in [0.4, 0.5) is 8.78 Å². The Morgan fingerprint density at radius 1 is 1.57 bits per heavy atom. The predicted octanol–water partition coefficient (Wildman–Crippen LogP) is 1.10. The summed E-state index contributed by atoms with van der Waals surface area (Å²) in [5, 5.41) is 3.16. The van der Waals surface area contributed by atoms with E-state index < -0.39 is 6.43 Å². The van der Waals surface area contributed by atoms with Crippen molar-refractivity contribution in [1.29, 1.82) is 0 Å². The molecular formula is C9H13F2N3. The molecule has 1 aliphatic rings. The number of alkyl halides is 2. The van der Waals surface area contributed by atoms with Gasteiger partial charge in [0.25, 0.3) is 6.43 Å². The summed E-state index contributed by atoms with van der Waals surface area (Å²) in [5.41, 5.74) is 1.90. The van der Waals surface area contributed by atoms with Crippen molar-refractivity contribution in [1.82, 2.24) is 14.9 Å². The maximum Gasteiger partial charge on any atom is 0.256 e. The van der Waals surface area contributed by atoms with Gasteiger partial charge in [-0.25, -0.2) is 13.8 Å². The minimum absolute atomic E-state index is 0.240. The molecule has 2 rings (SSSR count). The van der Waals surface area contributed by atoms with Crippen LogP contribution in [0.1, 0.15) is 17.2 Å². The lowest BCUT2D eigenvalue weighted by Gasteiger charge is -2.15. The maximum atomic E-state index is 12.3. The Labute approximate surface area is 81.1 Å². The average molecular weight is 201 g/mol. The summed E-state index contributed by atoms with van der Waals surface area (Å²) in [6, 6.07) is 0. The summed E-state index contributed by atoms with van der Waals surface area (Å²) in [6.45, 7) is 3.08. The zero-order chi connectivity index (χ0) is 10.1. The Balaban J connectivity index is 2.33. The molecule has 78 valence electrons. The van der Waals surface area contributed by atoms with Gasteiger partial charge in [0.2, 0.25) is 0 Å². The third kappa shape index (κ3) is 1.64. The van der Waals surface area contributed by atoms with E-state index in [1.807, 2.05) is 0 Å². The van der Waals surface area contributed by atoms with E-state index in [-0.39, 0.29) is 6.54 Å². The molecule has 14 heavy (non-hydrogen) atoms. The second-order valence-electron chi connectivity index (χ2n) is 3.48. The fraction of sp³-hybridized carbons (Fsp3) is 0.667. The zero-order valence-corrected chi connectivity index (χ0v) is 8.06. The summed E-state index contributed by atoms with van der Waals surface area (Å²) in [5.74, 6) is 0.694. The van der Waals surface area contributed by atoms with Crippen LogP contribution in [0, 0.1) is 6.92 Å². The lowest BCUT2D eigenvalue weighted by atomic mass is 10.2. The van der Waals surface area contributed by atoms with E-state index in [1.54, 1.807) is 11.5 Å². The van der Waals surface area contributed by atoms with Crippen LogP contribution in [0.15, 0.2) is 0 Å². The molecule has 0 aromatic carbocycles. The van der Waals surface area contributed by atoms with E-state index in [9.17, 15) is 8.78 Å². The molecule has 0 saturated carbocycles. The topological polar surface area (TPSA) is 29.9 Å². The molecule has 0 saturated heterocycles. The van der Waals surface area contributed by atoms with Crippen LogP contribution < -0.4 is 5.32 Å². The molecule has 1 aromatic heterocycles. The highest BCUT2D eigenvalue weighted by atomic mass is 19.3. The summed E-state index contributed by atoms with van der Waals surface area (Å²) in [6.07, 6.45) is -1.47. The quantitative estimate of drug-likeness (QED) is 0.776. The third-order valence-corrected chi connectivity index (χ3v) is 2.50. The molecule has 5 heteroatoms. The second-order valence-corrected chi connectivity index (χ2v) is 3.48. The van der Waals surface area contributed by atoms with Gasteiger partial charge in [-0.1, -0.05) is 0 Å². The van der Waals surface area contributed by atoms with Gasteiger partial charge >= 0.3 is 0 Å². The van der Waals surface area contributed by atoms with Crippen LogP contribution in [0.2, 0.25) is 0 Å². The minimum atomic E-state index is -2.31. The first-order valence-corrected chi connectivity index (χ1v) is 4.72. The summed E-state index contributed by atoms with van der Waals surface area (Å²) in [7, 11) is 0. The maximum absolute atomic E-state index is 12.3.